The van der Waals surface area contributed by atoms with Gasteiger partial charge in [-0.1, -0.05) is 6.92 Å². The number of rotatable bonds is 7. The zero-order valence-electron chi connectivity index (χ0n) is 13.5. The van der Waals surface area contributed by atoms with E-state index in [0.717, 1.165) is 0 Å². The fourth-order valence-electron chi connectivity index (χ4n) is 2.03. The van der Waals surface area contributed by atoms with Crippen LogP contribution >= 0.6 is 12.4 Å². The molecule has 0 aliphatic carbocycles. The lowest BCUT2D eigenvalue weighted by molar-refractivity contribution is -0.125. The Balaban J connectivity index is 0.00000441. The van der Waals surface area contributed by atoms with Crippen molar-refractivity contribution in [3.63, 3.8) is 0 Å². The van der Waals surface area contributed by atoms with Gasteiger partial charge in [-0.15, -0.1) is 12.4 Å². The van der Waals surface area contributed by atoms with Gasteiger partial charge >= 0.3 is 0 Å². The van der Waals surface area contributed by atoms with E-state index in [9.17, 15) is 9.18 Å². The molecule has 22 heavy (non-hydrogen) atoms. The standard InChI is InChI=1S/C15H23FN2O3.ClH/c1-9(8-17-3)15(19)18-10(2)11-6-13(20-4)14(21-5)7-12(11)16;/h6-7,9-10,17H,8H2,1-5H3,(H,18,19);1H. The summed E-state index contributed by atoms with van der Waals surface area (Å²) in [5, 5.41) is 5.73. The number of methoxy groups -OCH3 is 2. The highest BCUT2D eigenvalue weighted by Gasteiger charge is 2.20. The largest absolute Gasteiger partial charge is 0.493 e. The molecule has 2 N–H and O–H groups in total. The fourth-order valence-corrected chi connectivity index (χ4v) is 2.03. The first kappa shape index (κ1) is 20.5. The number of halogens is 2. The monoisotopic (exact) mass is 334 g/mol. The van der Waals surface area contributed by atoms with E-state index in [1.165, 1.54) is 20.3 Å². The topological polar surface area (TPSA) is 59.6 Å². The van der Waals surface area contributed by atoms with Gasteiger partial charge in [-0.3, -0.25) is 4.79 Å². The first-order valence-corrected chi connectivity index (χ1v) is 6.81. The van der Waals surface area contributed by atoms with E-state index in [4.69, 9.17) is 9.47 Å². The molecule has 0 bridgehead atoms. The van der Waals surface area contributed by atoms with Gasteiger partial charge in [-0.2, -0.15) is 0 Å². The number of nitrogens with one attached hydrogen (secondary N) is 2. The van der Waals surface area contributed by atoms with E-state index >= 15 is 0 Å². The van der Waals surface area contributed by atoms with Crippen molar-refractivity contribution in [2.24, 2.45) is 5.92 Å². The number of carbonyl (C=O) groups excluding carboxylic acids is 1. The molecule has 0 saturated carbocycles. The van der Waals surface area contributed by atoms with Crippen LogP contribution in [0.1, 0.15) is 25.5 Å². The van der Waals surface area contributed by atoms with Crippen molar-refractivity contribution in [1.82, 2.24) is 10.6 Å². The van der Waals surface area contributed by atoms with Crippen molar-refractivity contribution in [3.8, 4) is 11.5 Å². The van der Waals surface area contributed by atoms with Crippen LogP contribution in [-0.4, -0.2) is 33.7 Å². The van der Waals surface area contributed by atoms with Crippen LogP contribution in [0.25, 0.3) is 0 Å². The minimum absolute atomic E-state index is 0. The van der Waals surface area contributed by atoms with E-state index in [0.29, 0.717) is 23.6 Å². The van der Waals surface area contributed by atoms with Gasteiger partial charge in [-0.25, -0.2) is 4.39 Å². The first-order chi connectivity index (χ1) is 9.94. The summed E-state index contributed by atoms with van der Waals surface area (Å²) >= 11 is 0. The molecule has 2 unspecified atom stereocenters. The van der Waals surface area contributed by atoms with Crippen LogP contribution in [0.5, 0.6) is 11.5 Å². The highest BCUT2D eigenvalue weighted by Crippen LogP contribution is 2.32. The number of benzene rings is 1. The molecule has 1 rings (SSSR count). The van der Waals surface area contributed by atoms with Crippen LogP contribution < -0.4 is 20.1 Å². The molecule has 0 aliphatic heterocycles. The summed E-state index contributed by atoms with van der Waals surface area (Å²) in [4.78, 5) is 12.0. The smallest absolute Gasteiger partial charge is 0.224 e. The van der Waals surface area contributed by atoms with Crippen molar-refractivity contribution in [1.29, 1.82) is 0 Å². The second-order valence-electron chi connectivity index (χ2n) is 4.92. The molecule has 1 aromatic carbocycles. The summed E-state index contributed by atoms with van der Waals surface area (Å²) in [6, 6.07) is 2.34. The molecule has 5 nitrogen and oxygen atoms in total. The van der Waals surface area contributed by atoms with Crippen molar-refractivity contribution < 1.29 is 18.7 Å². The Bertz CT molecular complexity index is 500. The minimum Gasteiger partial charge on any atom is -0.493 e. The van der Waals surface area contributed by atoms with Gasteiger partial charge < -0.3 is 20.1 Å². The molecule has 1 amide bonds. The van der Waals surface area contributed by atoms with Gasteiger partial charge in [0, 0.05) is 24.1 Å². The zero-order chi connectivity index (χ0) is 16.0. The Labute approximate surface area is 137 Å². The SMILES string of the molecule is CNCC(C)C(=O)NC(C)c1cc(OC)c(OC)cc1F.Cl. The first-order valence-electron chi connectivity index (χ1n) is 6.81. The predicted octanol–water partition coefficient (Wildman–Crippen LogP) is 2.30. The van der Waals surface area contributed by atoms with E-state index in [-0.39, 0.29) is 24.2 Å². The molecule has 7 heteroatoms. The van der Waals surface area contributed by atoms with Crippen LogP contribution in [-0.2, 0) is 4.79 Å². The molecular weight excluding hydrogens is 311 g/mol. The van der Waals surface area contributed by atoms with Crippen molar-refractivity contribution in [2.75, 3.05) is 27.8 Å². The maximum Gasteiger partial charge on any atom is 0.224 e. The molecule has 0 aromatic heterocycles. The fraction of sp³-hybridized carbons (Fsp3) is 0.533. The molecule has 0 aliphatic rings. The Morgan fingerprint density at radius 3 is 2.27 bits per heavy atom. The summed E-state index contributed by atoms with van der Waals surface area (Å²) in [6.45, 7) is 4.10. The predicted molar refractivity (Wildman–Crippen MR) is 86.4 cm³/mol. The molecular formula is C15H24ClFN2O3. The van der Waals surface area contributed by atoms with Gasteiger partial charge in [0.25, 0.3) is 0 Å². The van der Waals surface area contributed by atoms with E-state index in [1.807, 2.05) is 6.92 Å². The molecule has 2 atom stereocenters. The summed E-state index contributed by atoms with van der Waals surface area (Å²) in [5.74, 6) is -0.0208. The van der Waals surface area contributed by atoms with E-state index in [2.05, 4.69) is 10.6 Å². The number of hydrogen-bond donors (Lipinski definition) is 2. The molecule has 0 saturated heterocycles. The lowest BCUT2D eigenvalue weighted by Crippen LogP contribution is -2.36. The van der Waals surface area contributed by atoms with Gasteiger partial charge in [0.05, 0.1) is 20.3 Å². The quantitative estimate of drug-likeness (QED) is 0.803. The molecule has 126 valence electrons. The minimum atomic E-state index is -0.461. The number of carbonyl (C=O) groups is 1. The average Bonchev–Trinajstić information content (AvgIpc) is 2.46. The van der Waals surface area contributed by atoms with Crippen molar-refractivity contribution in [3.05, 3.63) is 23.5 Å². The Hall–Kier alpha value is -1.53. The van der Waals surface area contributed by atoms with Crippen LogP contribution in [0.2, 0.25) is 0 Å². The highest BCUT2D eigenvalue weighted by atomic mass is 35.5. The van der Waals surface area contributed by atoms with Gasteiger partial charge in [0.1, 0.15) is 5.82 Å². The number of ether oxygens (including phenoxy) is 2. The van der Waals surface area contributed by atoms with Gasteiger partial charge in [0.2, 0.25) is 5.91 Å². The Kier molecular flexibility index (Phi) is 8.82. The summed E-state index contributed by atoms with van der Waals surface area (Å²) in [6.07, 6.45) is 0. The van der Waals surface area contributed by atoms with Gasteiger partial charge in [-0.05, 0) is 20.0 Å². The lowest BCUT2D eigenvalue weighted by atomic mass is 10.0. The van der Waals surface area contributed by atoms with Crippen LogP contribution in [0.3, 0.4) is 0 Å². The average molecular weight is 335 g/mol. The van der Waals surface area contributed by atoms with Crippen molar-refractivity contribution >= 4 is 18.3 Å². The number of hydrogen-bond acceptors (Lipinski definition) is 4. The number of amides is 1. The second-order valence-corrected chi connectivity index (χ2v) is 4.92. The summed E-state index contributed by atoms with van der Waals surface area (Å²) < 4.78 is 24.3. The Morgan fingerprint density at radius 1 is 1.23 bits per heavy atom. The molecule has 0 fully saturated rings. The normalized spacial score (nSPS) is 12.8. The molecule has 1 aromatic rings. The van der Waals surface area contributed by atoms with E-state index in [1.54, 1.807) is 20.0 Å². The van der Waals surface area contributed by atoms with Crippen LogP contribution in [0.15, 0.2) is 12.1 Å². The third-order valence-corrected chi connectivity index (χ3v) is 3.29. The third-order valence-electron chi connectivity index (χ3n) is 3.29. The van der Waals surface area contributed by atoms with Crippen LogP contribution in [0.4, 0.5) is 4.39 Å². The summed E-state index contributed by atoms with van der Waals surface area (Å²) in [7, 11) is 4.71. The highest BCUT2D eigenvalue weighted by molar-refractivity contribution is 5.85. The lowest BCUT2D eigenvalue weighted by Gasteiger charge is -2.19. The maximum absolute atomic E-state index is 14.1. The van der Waals surface area contributed by atoms with Gasteiger partial charge in [0.15, 0.2) is 11.5 Å². The second kappa shape index (κ2) is 9.48. The zero-order valence-corrected chi connectivity index (χ0v) is 14.3. The van der Waals surface area contributed by atoms with E-state index < -0.39 is 11.9 Å². The maximum atomic E-state index is 14.1. The van der Waals surface area contributed by atoms with Crippen LogP contribution in [0, 0.1) is 11.7 Å². The molecule has 0 spiro atoms. The Morgan fingerprint density at radius 2 is 1.77 bits per heavy atom. The molecule has 0 radical (unpaired) electrons. The summed E-state index contributed by atoms with van der Waals surface area (Å²) in [5.41, 5.74) is 0.359. The molecule has 0 heterocycles. The van der Waals surface area contributed by atoms with Crippen molar-refractivity contribution in [2.45, 2.75) is 19.9 Å². The third kappa shape index (κ3) is 5.03.